The lowest BCUT2D eigenvalue weighted by Crippen LogP contribution is -2.55. The van der Waals surface area contributed by atoms with Gasteiger partial charge in [-0.1, -0.05) is 0 Å². The van der Waals surface area contributed by atoms with Gasteiger partial charge in [-0.15, -0.1) is 0 Å². The highest BCUT2D eigenvalue weighted by atomic mass is 16.3. The van der Waals surface area contributed by atoms with Crippen molar-refractivity contribution in [3.63, 3.8) is 0 Å². The third kappa shape index (κ3) is 3.10. The number of piperidine rings is 1. The molecular weight excluding hydrogens is 272 g/mol. The number of rotatable bonds is 4. The smallest absolute Gasteiger partial charge is 0.257 e. The summed E-state index contributed by atoms with van der Waals surface area (Å²) >= 11 is 0. The van der Waals surface area contributed by atoms with Gasteiger partial charge in [0.1, 0.15) is 6.26 Å². The topological polar surface area (TPSA) is 82.8 Å². The van der Waals surface area contributed by atoms with Crippen LogP contribution in [0.15, 0.2) is 23.0 Å². The summed E-state index contributed by atoms with van der Waals surface area (Å²) in [5, 5.41) is 12.5. The van der Waals surface area contributed by atoms with Gasteiger partial charge in [-0.2, -0.15) is 0 Å². The molecule has 2 amide bonds. The number of hydrogen-bond donors (Lipinski definition) is 2. The van der Waals surface area contributed by atoms with E-state index in [0.717, 1.165) is 12.8 Å². The number of nitrogens with zero attached hydrogens (tertiary/aromatic N) is 1. The van der Waals surface area contributed by atoms with Gasteiger partial charge >= 0.3 is 0 Å². The van der Waals surface area contributed by atoms with Crippen LogP contribution in [0.5, 0.6) is 0 Å². The second-order valence-electron chi connectivity index (χ2n) is 5.88. The molecule has 1 aromatic rings. The van der Waals surface area contributed by atoms with E-state index in [1.165, 1.54) is 12.5 Å². The first-order valence-electron chi connectivity index (χ1n) is 7.41. The highest BCUT2D eigenvalue weighted by Crippen LogP contribution is 2.30. The molecule has 1 saturated heterocycles. The number of carbonyl (C=O) groups excluding carboxylic acids is 2. The molecule has 0 radical (unpaired) electrons. The Morgan fingerprint density at radius 3 is 2.81 bits per heavy atom. The summed E-state index contributed by atoms with van der Waals surface area (Å²) in [5.41, 5.74) is 0.518. The Hall–Kier alpha value is -1.82. The Morgan fingerprint density at radius 2 is 2.19 bits per heavy atom. The zero-order chi connectivity index (χ0) is 14.8. The second kappa shape index (κ2) is 5.89. The van der Waals surface area contributed by atoms with E-state index in [-0.39, 0.29) is 36.3 Å². The molecule has 0 unspecified atom stereocenters. The van der Waals surface area contributed by atoms with Crippen molar-refractivity contribution in [2.75, 3.05) is 19.7 Å². The molecular formula is C15H20N2O4. The molecule has 1 saturated carbocycles. The van der Waals surface area contributed by atoms with Gasteiger partial charge in [0.25, 0.3) is 5.91 Å². The van der Waals surface area contributed by atoms with Gasteiger partial charge in [0.15, 0.2) is 0 Å². The van der Waals surface area contributed by atoms with E-state index in [0.29, 0.717) is 25.1 Å². The number of hydrogen-bond acceptors (Lipinski definition) is 4. The van der Waals surface area contributed by atoms with E-state index in [2.05, 4.69) is 5.32 Å². The van der Waals surface area contributed by atoms with Crippen LogP contribution in [0.1, 0.15) is 29.6 Å². The average Bonchev–Trinajstić information content (AvgIpc) is 3.22. The Bertz CT molecular complexity index is 510. The second-order valence-corrected chi connectivity index (χ2v) is 5.88. The molecule has 0 spiro atoms. The van der Waals surface area contributed by atoms with E-state index >= 15 is 0 Å². The van der Waals surface area contributed by atoms with Crippen molar-refractivity contribution in [1.82, 2.24) is 10.2 Å². The fraction of sp³-hybridized carbons (Fsp3) is 0.600. The fourth-order valence-corrected chi connectivity index (χ4v) is 2.78. The molecule has 2 fully saturated rings. The van der Waals surface area contributed by atoms with Gasteiger partial charge in [-0.05, 0) is 25.3 Å². The van der Waals surface area contributed by atoms with E-state index in [4.69, 9.17) is 4.42 Å². The molecule has 114 valence electrons. The molecule has 2 atom stereocenters. The normalized spacial score (nSPS) is 25.7. The predicted octanol–water partition coefficient (Wildman–Crippen LogP) is 0.629. The number of nitrogens with one attached hydrogen (secondary N) is 1. The summed E-state index contributed by atoms with van der Waals surface area (Å²) in [6, 6.07) is 1.46. The van der Waals surface area contributed by atoms with Crippen LogP contribution < -0.4 is 5.32 Å². The summed E-state index contributed by atoms with van der Waals surface area (Å²) in [5.74, 6) is 0.104. The van der Waals surface area contributed by atoms with Crippen molar-refractivity contribution in [3.05, 3.63) is 24.2 Å². The Balaban J connectivity index is 1.65. The number of aliphatic hydroxyl groups excluding tert-OH is 1. The highest BCUT2D eigenvalue weighted by molar-refractivity contribution is 5.94. The zero-order valence-electron chi connectivity index (χ0n) is 11.8. The fourth-order valence-electron chi connectivity index (χ4n) is 2.78. The molecule has 1 aliphatic heterocycles. The molecule has 6 heteroatoms. The predicted molar refractivity (Wildman–Crippen MR) is 74.5 cm³/mol. The van der Waals surface area contributed by atoms with E-state index in [9.17, 15) is 14.7 Å². The number of furan rings is 1. The molecule has 2 heterocycles. The molecule has 0 bridgehead atoms. The summed E-state index contributed by atoms with van der Waals surface area (Å²) in [6.07, 6.45) is 5.48. The van der Waals surface area contributed by atoms with Gasteiger partial charge in [-0.25, -0.2) is 0 Å². The molecule has 0 aromatic carbocycles. The quantitative estimate of drug-likeness (QED) is 0.852. The standard InChI is InChI=1S/C15H20N2O4/c18-8-11-3-5-17(15(20)12-4-6-21-9-12)7-13(11)16-14(19)10-1-2-10/h4,6,9-11,13,18H,1-3,5,7-8H2,(H,16,19)/t11-,13-/m1/s1. The lowest BCUT2D eigenvalue weighted by Gasteiger charge is -2.38. The van der Waals surface area contributed by atoms with Crippen LogP contribution in [0.25, 0.3) is 0 Å². The molecule has 6 nitrogen and oxygen atoms in total. The maximum absolute atomic E-state index is 12.3. The SMILES string of the molecule is O=C(N[C@@H]1CN(C(=O)c2ccoc2)CC[C@@H]1CO)C1CC1. The molecule has 2 aliphatic rings. The maximum atomic E-state index is 12.3. The van der Waals surface area contributed by atoms with E-state index < -0.39 is 0 Å². The van der Waals surface area contributed by atoms with Crippen LogP contribution in [-0.2, 0) is 4.79 Å². The van der Waals surface area contributed by atoms with Crippen molar-refractivity contribution < 1.29 is 19.1 Å². The van der Waals surface area contributed by atoms with Gasteiger partial charge in [0.05, 0.1) is 17.9 Å². The molecule has 1 aromatic heterocycles. The van der Waals surface area contributed by atoms with Crippen LogP contribution in [0.4, 0.5) is 0 Å². The van der Waals surface area contributed by atoms with Gasteiger partial charge in [0.2, 0.25) is 5.91 Å². The minimum absolute atomic E-state index is 0.0149. The van der Waals surface area contributed by atoms with Gasteiger partial charge in [-0.3, -0.25) is 9.59 Å². The largest absolute Gasteiger partial charge is 0.472 e. The van der Waals surface area contributed by atoms with Crippen LogP contribution in [-0.4, -0.2) is 47.6 Å². The zero-order valence-corrected chi connectivity index (χ0v) is 11.8. The molecule has 21 heavy (non-hydrogen) atoms. The van der Waals surface area contributed by atoms with Crippen molar-refractivity contribution in [3.8, 4) is 0 Å². The monoisotopic (exact) mass is 292 g/mol. The van der Waals surface area contributed by atoms with Crippen LogP contribution >= 0.6 is 0 Å². The van der Waals surface area contributed by atoms with Crippen molar-refractivity contribution >= 4 is 11.8 Å². The number of carbonyl (C=O) groups is 2. The lowest BCUT2D eigenvalue weighted by molar-refractivity contribution is -0.123. The maximum Gasteiger partial charge on any atom is 0.257 e. The Kier molecular flexibility index (Phi) is 3.96. The summed E-state index contributed by atoms with van der Waals surface area (Å²) in [4.78, 5) is 26.0. The first-order valence-corrected chi connectivity index (χ1v) is 7.41. The average molecular weight is 292 g/mol. The molecule has 2 N–H and O–H groups in total. The lowest BCUT2D eigenvalue weighted by atomic mass is 9.91. The number of amides is 2. The highest BCUT2D eigenvalue weighted by Gasteiger charge is 2.36. The van der Waals surface area contributed by atoms with Crippen molar-refractivity contribution in [2.24, 2.45) is 11.8 Å². The summed E-state index contributed by atoms with van der Waals surface area (Å²) < 4.78 is 4.94. The Labute approximate surface area is 123 Å². The van der Waals surface area contributed by atoms with Crippen molar-refractivity contribution in [1.29, 1.82) is 0 Å². The minimum Gasteiger partial charge on any atom is -0.472 e. The van der Waals surface area contributed by atoms with Crippen molar-refractivity contribution in [2.45, 2.75) is 25.3 Å². The summed E-state index contributed by atoms with van der Waals surface area (Å²) in [6.45, 7) is 1.06. The number of aliphatic hydroxyl groups is 1. The third-order valence-electron chi connectivity index (χ3n) is 4.32. The van der Waals surface area contributed by atoms with Crippen LogP contribution in [0, 0.1) is 11.8 Å². The minimum atomic E-state index is -0.173. The molecule has 1 aliphatic carbocycles. The van der Waals surface area contributed by atoms with E-state index in [1.807, 2.05) is 0 Å². The summed E-state index contributed by atoms with van der Waals surface area (Å²) in [7, 11) is 0. The first-order chi connectivity index (χ1) is 10.2. The first kappa shape index (κ1) is 14.1. The van der Waals surface area contributed by atoms with Crippen LogP contribution in [0.3, 0.4) is 0 Å². The molecule has 3 rings (SSSR count). The van der Waals surface area contributed by atoms with Gasteiger partial charge < -0.3 is 19.7 Å². The Morgan fingerprint density at radius 1 is 1.38 bits per heavy atom. The third-order valence-corrected chi connectivity index (χ3v) is 4.32. The van der Waals surface area contributed by atoms with E-state index in [1.54, 1.807) is 11.0 Å². The van der Waals surface area contributed by atoms with Gasteiger partial charge in [0, 0.05) is 31.5 Å². The van der Waals surface area contributed by atoms with Crippen LogP contribution in [0.2, 0.25) is 0 Å². The number of likely N-dealkylation sites (tertiary alicyclic amines) is 1.